The van der Waals surface area contributed by atoms with Gasteiger partial charge in [0.25, 0.3) is 0 Å². The van der Waals surface area contributed by atoms with E-state index in [0.717, 1.165) is 12.0 Å². The van der Waals surface area contributed by atoms with Crippen LogP contribution in [0, 0.1) is 5.41 Å². The summed E-state index contributed by atoms with van der Waals surface area (Å²) < 4.78 is 5.37. The van der Waals surface area contributed by atoms with Gasteiger partial charge in [-0.1, -0.05) is 51.1 Å². The van der Waals surface area contributed by atoms with E-state index in [1.807, 2.05) is 30.3 Å². The zero-order valence-corrected chi connectivity index (χ0v) is 10.5. The molecule has 0 aromatic heterocycles. The van der Waals surface area contributed by atoms with Gasteiger partial charge in [-0.2, -0.15) is 0 Å². The van der Waals surface area contributed by atoms with Crippen LogP contribution in [-0.4, -0.2) is 5.97 Å². The number of carbonyl (C=O) groups excluding carboxylic acids is 1. The number of ether oxygens (including phenoxy) is 1. The monoisotopic (exact) mass is 220 g/mol. The first-order chi connectivity index (χ1) is 7.38. The molecule has 1 atom stereocenters. The van der Waals surface area contributed by atoms with Gasteiger partial charge in [-0.15, -0.1) is 0 Å². The van der Waals surface area contributed by atoms with Gasteiger partial charge in [0.1, 0.15) is 6.10 Å². The van der Waals surface area contributed by atoms with Gasteiger partial charge >= 0.3 is 5.97 Å². The molecule has 0 N–H and O–H groups in total. The molecule has 1 aromatic carbocycles. The summed E-state index contributed by atoms with van der Waals surface area (Å²) in [4.78, 5) is 11.1. The third kappa shape index (κ3) is 4.47. The molecule has 0 bridgehead atoms. The molecule has 0 fully saturated rings. The van der Waals surface area contributed by atoms with Gasteiger partial charge in [-0.25, -0.2) is 0 Å². The second-order valence-electron chi connectivity index (χ2n) is 5.27. The van der Waals surface area contributed by atoms with Crippen LogP contribution in [-0.2, 0) is 9.53 Å². The lowest BCUT2D eigenvalue weighted by atomic mass is 9.87. The molecule has 16 heavy (non-hydrogen) atoms. The van der Waals surface area contributed by atoms with Crippen molar-refractivity contribution in [3.8, 4) is 0 Å². The van der Waals surface area contributed by atoms with Crippen molar-refractivity contribution in [3.63, 3.8) is 0 Å². The molecule has 0 saturated carbocycles. The lowest BCUT2D eigenvalue weighted by Crippen LogP contribution is -2.16. The maximum absolute atomic E-state index is 11.1. The minimum absolute atomic E-state index is 0.135. The fourth-order valence-electron chi connectivity index (χ4n) is 1.65. The number of esters is 1. The molecule has 2 nitrogen and oxygen atoms in total. The van der Waals surface area contributed by atoms with Crippen molar-refractivity contribution >= 4 is 5.97 Å². The summed E-state index contributed by atoms with van der Waals surface area (Å²) in [6.07, 6.45) is 0.690. The van der Waals surface area contributed by atoms with Crippen molar-refractivity contribution in [3.05, 3.63) is 35.9 Å². The first kappa shape index (κ1) is 12.8. The first-order valence-electron chi connectivity index (χ1n) is 5.61. The summed E-state index contributed by atoms with van der Waals surface area (Å²) in [6, 6.07) is 9.90. The van der Waals surface area contributed by atoms with Crippen LogP contribution in [0.1, 0.15) is 45.8 Å². The van der Waals surface area contributed by atoms with E-state index in [4.69, 9.17) is 4.74 Å². The molecule has 0 saturated heterocycles. The third-order valence-corrected chi connectivity index (χ3v) is 2.28. The second kappa shape index (κ2) is 5.15. The summed E-state index contributed by atoms with van der Waals surface area (Å²) in [5, 5.41) is 0. The largest absolute Gasteiger partial charge is 0.458 e. The van der Waals surface area contributed by atoms with E-state index in [1.165, 1.54) is 6.92 Å². The summed E-state index contributed by atoms with van der Waals surface area (Å²) in [7, 11) is 0. The van der Waals surface area contributed by atoms with Crippen molar-refractivity contribution in [2.75, 3.05) is 0 Å². The van der Waals surface area contributed by atoms with Crippen LogP contribution < -0.4 is 0 Å². The maximum atomic E-state index is 11.1. The average Bonchev–Trinajstić information content (AvgIpc) is 2.15. The van der Waals surface area contributed by atoms with Crippen molar-refractivity contribution < 1.29 is 9.53 Å². The highest BCUT2D eigenvalue weighted by molar-refractivity contribution is 5.66. The Morgan fingerprint density at radius 3 is 2.25 bits per heavy atom. The number of hydrogen-bond acceptors (Lipinski definition) is 2. The molecule has 0 aliphatic rings. The quantitative estimate of drug-likeness (QED) is 0.725. The molecule has 0 aliphatic heterocycles. The van der Waals surface area contributed by atoms with E-state index < -0.39 is 0 Å². The van der Waals surface area contributed by atoms with E-state index in [0.29, 0.717) is 0 Å². The fraction of sp³-hybridized carbons (Fsp3) is 0.500. The number of rotatable bonds is 3. The highest BCUT2D eigenvalue weighted by Gasteiger charge is 2.22. The highest BCUT2D eigenvalue weighted by atomic mass is 16.5. The molecule has 2 heteroatoms. The van der Waals surface area contributed by atoms with Gasteiger partial charge in [-0.3, -0.25) is 4.79 Å². The molecule has 0 radical (unpaired) electrons. The molecule has 0 amide bonds. The predicted octanol–water partition coefficient (Wildman–Crippen LogP) is 3.73. The van der Waals surface area contributed by atoms with Crippen LogP contribution in [0.4, 0.5) is 0 Å². The Morgan fingerprint density at radius 1 is 1.25 bits per heavy atom. The summed E-state index contributed by atoms with van der Waals surface area (Å²) in [5.74, 6) is -0.224. The van der Waals surface area contributed by atoms with Crippen LogP contribution >= 0.6 is 0 Å². The van der Waals surface area contributed by atoms with Crippen molar-refractivity contribution in [1.29, 1.82) is 0 Å². The van der Waals surface area contributed by atoms with E-state index >= 15 is 0 Å². The summed E-state index contributed by atoms with van der Waals surface area (Å²) in [6.45, 7) is 7.89. The van der Waals surface area contributed by atoms with Gasteiger partial charge < -0.3 is 4.74 Å². The Morgan fingerprint density at radius 2 is 1.81 bits per heavy atom. The van der Waals surface area contributed by atoms with Crippen molar-refractivity contribution in [2.45, 2.75) is 40.2 Å². The Hall–Kier alpha value is -1.31. The topological polar surface area (TPSA) is 26.3 Å². The normalized spacial score (nSPS) is 13.2. The first-order valence-corrected chi connectivity index (χ1v) is 5.61. The number of hydrogen-bond donors (Lipinski definition) is 0. The molecule has 88 valence electrons. The Bertz CT molecular complexity index is 336. The van der Waals surface area contributed by atoms with Gasteiger partial charge in [0.15, 0.2) is 0 Å². The Balaban J connectivity index is 2.84. The van der Waals surface area contributed by atoms with E-state index in [1.54, 1.807) is 0 Å². The average molecular weight is 220 g/mol. The highest BCUT2D eigenvalue weighted by Crippen LogP contribution is 2.31. The van der Waals surface area contributed by atoms with E-state index in [-0.39, 0.29) is 17.5 Å². The standard InChI is InChI=1S/C14H20O2/c1-11(15)16-13(10-14(2,3)4)12-8-6-5-7-9-12/h5-9,13H,10H2,1-4H3. The molecular weight excluding hydrogens is 200 g/mol. The molecule has 0 spiro atoms. The number of carbonyl (C=O) groups is 1. The smallest absolute Gasteiger partial charge is 0.303 e. The zero-order chi connectivity index (χ0) is 12.2. The van der Waals surface area contributed by atoms with Gasteiger partial charge in [0.2, 0.25) is 0 Å². The third-order valence-electron chi connectivity index (χ3n) is 2.28. The van der Waals surface area contributed by atoms with Gasteiger partial charge in [0.05, 0.1) is 0 Å². The van der Waals surface area contributed by atoms with E-state index in [2.05, 4.69) is 20.8 Å². The van der Waals surface area contributed by atoms with Gasteiger partial charge in [-0.05, 0) is 17.4 Å². The lowest BCUT2D eigenvalue weighted by molar-refractivity contribution is -0.148. The van der Waals surface area contributed by atoms with Crippen LogP contribution in [0.5, 0.6) is 0 Å². The minimum Gasteiger partial charge on any atom is -0.458 e. The molecule has 0 heterocycles. The predicted molar refractivity (Wildman–Crippen MR) is 65.0 cm³/mol. The van der Waals surface area contributed by atoms with Crippen LogP contribution in [0.2, 0.25) is 0 Å². The fourth-order valence-corrected chi connectivity index (χ4v) is 1.65. The SMILES string of the molecule is CC(=O)OC(CC(C)(C)C)c1ccccc1. The van der Waals surface area contributed by atoms with Crippen molar-refractivity contribution in [1.82, 2.24) is 0 Å². The maximum Gasteiger partial charge on any atom is 0.303 e. The number of benzene rings is 1. The van der Waals surface area contributed by atoms with Gasteiger partial charge in [0, 0.05) is 6.92 Å². The van der Waals surface area contributed by atoms with Crippen LogP contribution in [0.15, 0.2) is 30.3 Å². The summed E-state index contributed by atoms with van der Waals surface area (Å²) in [5.41, 5.74) is 1.20. The second-order valence-corrected chi connectivity index (χ2v) is 5.27. The van der Waals surface area contributed by atoms with Crippen molar-refractivity contribution in [2.24, 2.45) is 5.41 Å². The lowest BCUT2D eigenvalue weighted by Gasteiger charge is -2.25. The molecule has 1 rings (SSSR count). The molecule has 0 aliphatic carbocycles. The Labute approximate surface area is 97.6 Å². The Kier molecular flexibility index (Phi) is 4.11. The molecular formula is C14H20O2. The van der Waals surface area contributed by atoms with E-state index in [9.17, 15) is 4.79 Å². The minimum atomic E-state index is -0.224. The van der Waals surface area contributed by atoms with Crippen LogP contribution in [0.3, 0.4) is 0 Å². The summed E-state index contributed by atoms with van der Waals surface area (Å²) >= 11 is 0. The van der Waals surface area contributed by atoms with Crippen LogP contribution in [0.25, 0.3) is 0 Å². The zero-order valence-electron chi connectivity index (χ0n) is 10.5. The molecule has 1 aromatic rings. The molecule has 1 unspecified atom stereocenters.